The van der Waals surface area contributed by atoms with E-state index in [0.29, 0.717) is 30.6 Å². The minimum atomic E-state index is -0.163. The molecular weight excluding hydrogens is 264 g/mol. The molecular formula is C18H16O3. The first kappa shape index (κ1) is 13.6. The van der Waals surface area contributed by atoms with Crippen molar-refractivity contribution in [1.29, 1.82) is 0 Å². The molecule has 0 saturated heterocycles. The molecule has 2 aromatic carbocycles. The van der Waals surface area contributed by atoms with Crippen LogP contribution in [0.25, 0.3) is 0 Å². The Labute approximate surface area is 123 Å². The van der Waals surface area contributed by atoms with E-state index in [1.54, 1.807) is 12.1 Å². The molecule has 2 aromatic rings. The van der Waals surface area contributed by atoms with Crippen molar-refractivity contribution < 1.29 is 14.3 Å². The Balaban J connectivity index is 1.77. The fourth-order valence-corrected chi connectivity index (χ4v) is 2.61. The van der Waals surface area contributed by atoms with E-state index in [1.165, 1.54) is 0 Å². The lowest BCUT2D eigenvalue weighted by Crippen LogP contribution is -2.11. The summed E-state index contributed by atoms with van der Waals surface area (Å²) in [6, 6.07) is 16.6. The highest BCUT2D eigenvalue weighted by Crippen LogP contribution is 2.28. The molecule has 0 spiro atoms. The summed E-state index contributed by atoms with van der Waals surface area (Å²) in [4.78, 5) is 23.7. The molecule has 1 atom stereocenters. The van der Waals surface area contributed by atoms with Crippen LogP contribution in [-0.4, -0.2) is 11.6 Å². The SMILES string of the molecule is O=C1CCC(C(=O)c2cccc(Oc3ccccc3)c2)C1. The van der Waals surface area contributed by atoms with Crippen molar-refractivity contribution in [3.63, 3.8) is 0 Å². The average molecular weight is 280 g/mol. The maximum Gasteiger partial charge on any atom is 0.166 e. The predicted molar refractivity (Wildman–Crippen MR) is 79.6 cm³/mol. The summed E-state index contributed by atoms with van der Waals surface area (Å²) in [6.07, 6.45) is 1.57. The van der Waals surface area contributed by atoms with Gasteiger partial charge in [-0.3, -0.25) is 9.59 Å². The number of Topliss-reactive ketones (excluding diaryl/α,β-unsaturated/α-hetero) is 2. The van der Waals surface area contributed by atoms with E-state index in [2.05, 4.69) is 0 Å². The largest absolute Gasteiger partial charge is 0.457 e. The second-order valence-electron chi connectivity index (χ2n) is 5.29. The topological polar surface area (TPSA) is 43.4 Å². The number of benzene rings is 2. The molecule has 0 N–H and O–H groups in total. The Hall–Kier alpha value is -2.42. The van der Waals surface area contributed by atoms with Crippen molar-refractivity contribution in [2.45, 2.75) is 19.3 Å². The number of hydrogen-bond donors (Lipinski definition) is 0. The Kier molecular flexibility index (Phi) is 3.82. The van der Waals surface area contributed by atoms with E-state index in [1.807, 2.05) is 42.5 Å². The maximum atomic E-state index is 12.4. The minimum absolute atomic E-state index is 0.0411. The van der Waals surface area contributed by atoms with Crippen LogP contribution in [-0.2, 0) is 4.79 Å². The number of ether oxygens (including phenoxy) is 1. The Morgan fingerprint density at radius 1 is 1.00 bits per heavy atom. The lowest BCUT2D eigenvalue weighted by molar-refractivity contribution is -0.117. The second-order valence-corrected chi connectivity index (χ2v) is 5.29. The third kappa shape index (κ3) is 3.19. The number of para-hydroxylation sites is 1. The molecule has 1 unspecified atom stereocenters. The van der Waals surface area contributed by atoms with Crippen molar-refractivity contribution in [3.05, 3.63) is 60.2 Å². The molecule has 0 heterocycles. The summed E-state index contributed by atoms with van der Waals surface area (Å²) < 4.78 is 5.73. The monoisotopic (exact) mass is 280 g/mol. The number of carbonyl (C=O) groups excluding carboxylic acids is 2. The predicted octanol–water partition coefficient (Wildman–Crippen LogP) is 4.03. The first-order chi connectivity index (χ1) is 10.2. The van der Waals surface area contributed by atoms with Gasteiger partial charge in [-0.05, 0) is 30.7 Å². The normalized spacial score (nSPS) is 17.7. The molecule has 3 nitrogen and oxygen atoms in total. The summed E-state index contributed by atoms with van der Waals surface area (Å²) in [6.45, 7) is 0. The molecule has 106 valence electrons. The maximum absolute atomic E-state index is 12.4. The van der Waals surface area contributed by atoms with Crippen LogP contribution in [0.3, 0.4) is 0 Å². The van der Waals surface area contributed by atoms with Crippen LogP contribution >= 0.6 is 0 Å². The Bertz CT molecular complexity index is 661. The fourth-order valence-electron chi connectivity index (χ4n) is 2.61. The summed E-state index contributed by atoms with van der Waals surface area (Å²) in [7, 11) is 0. The van der Waals surface area contributed by atoms with Crippen LogP contribution in [0.4, 0.5) is 0 Å². The molecule has 1 fully saturated rings. The zero-order valence-corrected chi connectivity index (χ0v) is 11.6. The van der Waals surface area contributed by atoms with Gasteiger partial charge in [0.05, 0.1) is 0 Å². The molecule has 3 heteroatoms. The highest BCUT2D eigenvalue weighted by atomic mass is 16.5. The molecule has 0 amide bonds. The summed E-state index contributed by atoms with van der Waals surface area (Å²) in [5.74, 6) is 1.43. The number of ketones is 2. The van der Waals surface area contributed by atoms with E-state index in [0.717, 1.165) is 5.75 Å². The second kappa shape index (κ2) is 5.92. The van der Waals surface area contributed by atoms with Crippen LogP contribution in [0.15, 0.2) is 54.6 Å². The molecule has 1 aliphatic rings. The van der Waals surface area contributed by atoms with Crippen molar-refractivity contribution in [2.75, 3.05) is 0 Å². The molecule has 0 bridgehead atoms. The summed E-state index contributed by atoms with van der Waals surface area (Å²) in [5, 5.41) is 0. The van der Waals surface area contributed by atoms with Gasteiger partial charge in [0.2, 0.25) is 0 Å². The van der Waals surface area contributed by atoms with E-state index in [-0.39, 0.29) is 17.5 Å². The van der Waals surface area contributed by atoms with Gasteiger partial charge >= 0.3 is 0 Å². The summed E-state index contributed by atoms with van der Waals surface area (Å²) >= 11 is 0. The van der Waals surface area contributed by atoms with E-state index >= 15 is 0 Å². The molecule has 21 heavy (non-hydrogen) atoms. The molecule has 1 saturated carbocycles. The van der Waals surface area contributed by atoms with Gasteiger partial charge in [-0.15, -0.1) is 0 Å². The van der Waals surface area contributed by atoms with Crippen molar-refractivity contribution in [3.8, 4) is 11.5 Å². The van der Waals surface area contributed by atoms with Crippen LogP contribution in [0.5, 0.6) is 11.5 Å². The smallest absolute Gasteiger partial charge is 0.166 e. The van der Waals surface area contributed by atoms with Crippen LogP contribution in [0.1, 0.15) is 29.6 Å². The Morgan fingerprint density at radius 2 is 1.76 bits per heavy atom. The van der Waals surface area contributed by atoms with Crippen LogP contribution in [0.2, 0.25) is 0 Å². The first-order valence-electron chi connectivity index (χ1n) is 7.11. The standard InChI is InChI=1S/C18H16O3/c19-15-10-9-14(11-15)18(20)13-5-4-8-17(12-13)21-16-6-2-1-3-7-16/h1-8,12,14H,9-11H2. The van der Waals surface area contributed by atoms with Gasteiger partial charge in [-0.2, -0.15) is 0 Å². The van der Waals surface area contributed by atoms with Gasteiger partial charge in [0.15, 0.2) is 5.78 Å². The van der Waals surface area contributed by atoms with Crippen molar-refractivity contribution >= 4 is 11.6 Å². The van der Waals surface area contributed by atoms with Gasteiger partial charge < -0.3 is 4.74 Å². The molecule has 1 aliphatic carbocycles. The summed E-state index contributed by atoms with van der Waals surface area (Å²) in [5.41, 5.74) is 0.614. The van der Waals surface area contributed by atoms with Gasteiger partial charge in [0, 0.05) is 24.3 Å². The van der Waals surface area contributed by atoms with E-state index in [4.69, 9.17) is 4.74 Å². The third-order valence-corrected chi connectivity index (χ3v) is 3.71. The number of hydrogen-bond acceptors (Lipinski definition) is 3. The highest BCUT2D eigenvalue weighted by Gasteiger charge is 2.28. The average Bonchev–Trinajstić information content (AvgIpc) is 2.94. The fraction of sp³-hybridized carbons (Fsp3) is 0.222. The molecule has 0 aromatic heterocycles. The van der Waals surface area contributed by atoms with Gasteiger partial charge in [0.1, 0.15) is 17.3 Å². The molecule has 0 aliphatic heterocycles. The van der Waals surface area contributed by atoms with Crippen LogP contribution in [0, 0.1) is 5.92 Å². The van der Waals surface area contributed by atoms with E-state index < -0.39 is 0 Å². The highest BCUT2D eigenvalue weighted by molar-refractivity contribution is 6.01. The lowest BCUT2D eigenvalue weighted by atomic mass is 9.96. The van der Waals surface area contributed by atoms with Crippen molar-refractivity contribution in [2.24, 2.45) is 5.92 Å². The quantitative estimate of drug-likeness (QED) is 0.794. The number of rotatable bonds is 4. The minimum Gasteiger partial charge on any atom is -0.457 e. The Morgan fingerprint density at radius 3 is 2.48 bits per heavy atom. The van der Waals surface area contributed by atoms with E-state index in [9.17, 15) is 9.59 Å². The zero-order chi connectivity index (χ0) is 14.7. The molecule has 0 radical (unpaired) electrons. The third-order valence-electron chi connectivity index (χ3n) is 3.71. The lowest BCUT2D eigenvalue weighted by Gasteiger charge is -2.10. The zero-order valence-electron chi connectivity index (χ0n) is 11.6. The number of carbonyl (C=O) groups is 2. The molecule has 3 rings (SSSR count). The van der Waals surface area contributed by atoms with Gasteiger partial charge in [0.25, 0.3) is 0 Å². The van der Waals surface area contributed by atoms with Gasteiger partial charge in [-0.1, -0.05) is 30.3 Å². The first-order valence-corrected chi connectivity index (χ1v) is 7.11. The van der Waals surface area contributed by atoms with Crippen LogP contribution < -0.4 is 4.74 Å². The van der Waals surface area contributed by atoms with Crippen molar-refractivity contribution in [1.82, 2.24) is 0 Å². The van der Waals surface area contributed by atoms with Gasteiger partial charge in [-0.25, -0.2) is 0 Å².